The molecular formula is C26H33N5O4S. The fourth-order valence-corrected chi connectivity index (χ4v) is 4.70. The van der Waals surface area contributed by atoms with Crippen molar-refractivity contribution in [3.8, 4) is 0 Å². The lowest BCUT2D eigenvalue weighted by atomic mass is 10.1. The minimum Gasteiger partial charge on any atom is -0.462 e. The highest BCUT2D eigenvalue weighted by atomic mass is 32.2. The standard InChI is InChI=1S/C26H33N5O4S/c1-5-34-23(32)19-10-8-18(9-11-19)17-36-24-28-22(21-7-6-14-31(21)29-24)27-20-12-15-30(16-13-20)25(33)35-26(2,3)4/h6-11,14,20H,5,12-13,15-17H2,1-4H3,(H,27,28,29). The van der Waals surface area contributed by atoms with Gasteiger partial charge in [0.1, 0.15) is 11.1 Å². The van der Waals surface area contributed by atoms with Crippen LogP contribution in [0.15, 0.2) is 47.8 Å². The molecule has 1 fully saturated rings. The molecule has 4 rings (SSSR count). The summed E-state index contributed by atoms with van der Waals surface area (Å²) < 4.78 is 12.4. The molecule has 10 heteroatoms. The highest BCUT2D eigenvalue weighted by molar-refractivity contribution is 7.98. The normalized spacial score (nSPS) is 14.6. The number of amides is 1. The second-order valence-corrected chi connectivity index (χ2v) is 10.6. The van der Waals surface area contributed by atoms with E-state index in [1.807, 2.05) is 55.7 Å². The predicted octanol–water partition coefficient (Wildman–Crippen LogP) is 5.01. The van der Waals surface area contributed by atoms with Gasteiger partial charge in [-0.25, -0.2) is 19.1 Å². The largest absolute Gasteiger partial charge is 0.462 e. The summed E-state index contributed by atoms with van der Waals surface area (Å²) in [5.41, 5.74) is 2.02. The van der Waals surface area contributed by atoms with Crippen molar-refractivity contribution in [2.75, 3.05) is 25.0 Å². The molecular weight excluding hydrogens is 478 g/mol. The highest BCUT2D eigenvalue weighted by Gasteiger charge is 2.27. The van der Waals surface area contributed by atoms with E-state index in [-0.39, 0.29) is 18.1 Å². The lowest BCUT2D eigenvalue weighted by Gasteiger charge is -2.34. The summed E-state index contributed by atoms with van der Waals surface area (Å²) in [6.45, 7) is 9.06. The lowest BCUT2D eigenvalue weighted by Crippen LogP contribution is -2.44. The molecule has 3 heterocycles. The average Bonchev–Trinajstić information content (AvgIpc) is 3.32. The number of fused-ring (bicyclic) bond motifs is 1. The molecule has 0 unspecified atom stereocenters. The van der Waals surface area contributed by atoms with E-state index >= 15 is 0 Å². The Morgan fingerprint density at radius 3 is 2.53 bits per heavy atom. The van der Waals surface area contributed by atoms with E-state index in [0.717, 1.165) is 29.7 Å². The number of nitrogens with zero attached hydrogens (tertiary/aromatic N) is 4. The molecule has 9 nitrogen and oxygen atoms in total. The molecule has 1 N–H and O–H groups in total. The SMILES string of the molecule is CCOC(=O)c1ccc(CSc2nc(NC3CCN(C(=O)OC(C)(C)C)CC3)c3cccn3n2)cc1. The van der Waals surface area contributed by atoms with E-state index in [9.17, 15) is 9.59 Å². The number of esters is 1. The molecule has 192 valence electrons. The summed E-state index contributed by atoms with van der Waals surface area (Å²) in [5.74, 6) is 1.14. The van der Waals surface area contributed by atoms with Crippen LogP contribution in [-0.4, -0.2) is 62.9 Å². The molecule has 0 saturated carbocycles. The first kappa shape index (κ1) is 25.8. The quantitative estimate of drug-likeness (QED) is 0.349. The number of piperidine rings is 1. The number of hydrogen-bond acceptors (Lipinski definition) is 8. The van der Waals surface area contributed by atoms with E-state index < -0.39 is 5.60 Å². The van der Waals surface area contributed by atoms with Gasteiger partial charge in [-0.1, -0.05) is 23.9 Å². The average molecular weight is 512 g/mol. The van der Waals surface area contributed by atoms with Gasteiger partial charge >= 0.3 is 12.1 Å². The Hall–Kier alpha value is -3.27. The van der Waals surface area contributed by atoms with Crippen molar-refractivity contribution in [1.82, 2.24) is 19.5 Å². The van der Waals surface area contributed by atoms with Crippen molar-refractivity contribution in [3.05, 3.63) is 53.7 Å². The zero-order chi connectivity index (χ0) is 25.7. The van der Waals surface area contributed by atoms with Crippen LogP contribution in [0.25, 0.3) is 5.52 Å². The Labute approximate surface area is 215 Å². The number of thioether (sulfide) groups is 1. The molecule has 1 amide bonds. The Bertz CT molecular complexity index is 1200. The van der Waals surface area contributed by atoms with Gasteiger partial charge in [-0.2, -0.15) is 0 Å². The van der Waals surface area contributed by atoms with Gasteiger partial charge in [-0.15, -0.1) is 5.10 Å². The lowest BCUT2D eigenvalue weighted by molar-refractivity contribution is 0.0210. The van der Waals surface area contributed by atoms with Crippen molar-refractivity contribution in [3.63, 3.8) is 0 Å². The third kappa shape index (κ3) is 6.69. The predicted molar refractivity (Wildman–Crippen MR) is 139 cm³/mol. The second kappa shape index (κ2) is 11.2. The molecule has 1 aliphatic heterocycles. The van der Waals surface area contributed by atoms with E-state index in [2.05, 4.69) is 10.4 Å². The van der Waals surface area contributed by atoms with E-state index in [1.165, 1.54) is 11.8 Å². The zero-order valence-corrected chi connectivity index (χ0v) is 22.0. The molecule has 0 atom stereocenters. The van der Waals surface area contributed by atoms with Crippen molar-refractivity contribution in [2.45, 2.75) is 63.1 Å². The van der Waals surface area contributed by atoms with Gasteiger partial charge in [0.25, 0.3) is 0 Å². The summed E-state index contributed by atoms with van der Waals surface area (Å²) in [6, 6.07) is 11.5. The third-order valence-corrected chi connectivity index (χ3v) is 6.60. The molecule has 2 aromatic heterocycles. The first-order valence-electron chi connectivity index (χ1n) is 12.2. The Balaban J connectivity index is 1.38. The summed E-state index contributed by atoms with van der Waals surface area (Å²) in [6.07, 6.45) is 3.27. The summed E-state index contributed by atoms with van der Waals surface area (Å²) in [5, 5.41) is 8.86. The molecule has 0 aliphatic carbocycles. The van der Waals surface area contributed by atoms with E-state index in [4.69, 9.17) is 14.5 Å². The second-order valence-electron chi connectivity index (χ2n) is 9.67. The Morgan fingerprint density at radius 2 is 1.86 bits per heavy atom. The number of carbonyl (C=O) groups is 2. The van der Waals surface area contributed by atoms with Crippen molar-refractivity contribution in [2.24, 2.45) is 0 Å². The molecule has 0 radical (unpaired) electrons. The van der Waals surface area contributed by atoms with Crippen LogP contribution in [0.3, 0.4) is 0 Å². The maximum atomic E-state index is 12.4. The van der Waals surface area contributed by atoms with Crippen molar-refractivity contribution < 1.29 is 19.1 Å². The number of ether oxygens (including phenoxy) is 2. The molecule has 1 aliphatic rings. The van der Waals surface area contributed by atoms with Crippen LogP contribution in [0.1, 0.15) is 56.5 Å². The summed E-state index contributed by atoms with van der Waals surface area (Å²) in [7, 11) is 0. The van der Waals surface area contributed by atoms with Crippen LogP contribution < -0.4 is 5.32 Å². The smallest absolute Gasteiger partial charge is 0.410 e. The van der Waals surface area contributed by atoms with Gasteiger partial charge in [0.05, 0.1) is 12.2 Å². The molecule has 1 saturated heterocycles. The number of anilines is 1. The first-order valence-corrected chi connectivity index (χ1v) is 13.2. The molecule has 1 aromatic carbocycles. The van der Waals surface area contributed by atoms with Gasteiger partial charge in [-0.05, 0) is 70.4 Å². The minimum atomic E-state index is -0.495. The summed E-state index contributed by atoms with van der Waals surface area (Å²) >= 11 is 1.53. The zero-order valence-electron chi connectivity index (χ0n) is 21.2. The fourth-order valence-electron chi connectivity index (χ4n) is 3.91. The van der Waals surface area contributed by atoms with E-state index in [1.54, 1.807) is 24.0 Å². The first-order chi connectivity index (χ1) is 17.2. The van der Waals surface area contributed by atoms with Gasteiger partial charge in [-0.3, -0.25) is 0 Å². The van der Waals surface area contributed by atoms with Gasteiger partial charge in [0, 0.05) is 31.1 Å². The van der Waals surface area contributed by atoms with Crippen LogP contribution in [0.2, 0.25) is 0 Å². The Morgan fingerprint density at radius 1 is 1.14 bits per heavy atom. The van der Waals surface area contributed by atoms with Crippen LogP contribution in [-0.2, 0) is 15.2 Å². The molecule has 0 bridgehead atoms. The highest BCUT2D eigenvalue weighted by Crippen LogP contribution is 2.25. The molecule has 3 aromatic rings. The number of rotatable bonds is 7. The third-order valence-electron chi connectivity index (χ3n) is 5.69. The number of likely N-dealkylation sites (tertiary alicyclic amines) is 1. The van der Waals surface area contributed by atoms with Crippen molar-refractivity contribution in [1.29, 1.82) is 0 Å². The van der Waals surface area contributed by atoms with Crippen molar-refractivity contribution >= 4 is 35.2 Å². The maximum Gasteiger partial charge on any atom is 0.410 e. The maximum absolute atomic E-state index is 12.4. The number of benzene rings is 1. The van der Waals surface area contributed by atoms with Crippen LogP contribution in [0.4, 0.5) is 10.6 Å². The number of hydrogen-bond donors (Lipinski definition) is 1. The van der Waals surface area contributed by atoms with Gasteiger partial charge in [0.15, 0.2) is 5.82 Å². The Kier molecular flexibility index (Phi) is 8.03. The molecule has 36 heavy (non-hydrogen) atoms. The van der Waals surface area contributed by atoms with Crippen LogP contribution in [0.5, 0.6) is 0 Å². The van der Waals surface area contributed by atoms with E-state index in [0.29, 0.717) is 36.2 Å². The van der Waals surface area contributed by atoms with Gasteiger partial charge < -0.3 is 19.7 Å². The number of aromatic nitrogens is 3. The van der Waals surface area contributed by atoms with Crippen LogP contribution in [0, 0.1) is 0 Å². The number of nitrogens with one attached hydrogen (secondary N) is 1. The topological polar surface area (TPSA) is 98.1 Å². The minimum absolute atomic E-state index is 0.200. The number of carbonyl (C=O) groups excluding carboxylic acids is 2. The monoisotopic (exact) mass is 511 g/mol. The molecule has 0 spiro atoms. The van der Waals surface area contributed by atoms with Crippen LogP contribution >= 0.6 is 11.8 Å². The summed E-state index contributed by atoms with van der Waals surface area (Å²) in [4.78, 5) is 30.8. The van der Waals surface area contributed by atoms with Gasteiger partial charge in [0.2, 0.25) is 5.16 Å². The fraction of sp³-hybridized carbons (Fsp3) is 0.462.